The van der Waals surface area contributed by atoms with Gasteiger partial charge in [0.15, 0.2) is 0 Å². The van der Waals surface area contributed by atoms with E-state index in [9.17, 15) is 17.6 Å². The molecule has 2 aromatic rings. The lowest BCUT2D eigenvalue weighted by atomic mass is 10.1. The predicted octanol–water partition coefficient (Wildman–Crippen LogP) is 4.29. The minimum Gasteiger partial charge on any atom is -0.325 e. The number of rotatable bonds is 9. The second-order valence-corrected chi connectivity index (χ2v) is 9.41. The molecule has 1 N–H and O–H groups in total. The summed E-state index contributed by atoms with van der Waals surface area (Å²) in [5.74, 6) is -0.439. The van der Waals surface area contributed by atoms with Gasteiger partial charge in [-0.1, -0.05) is 38.1 Å². The highest BCUT2D eigenvalue weighted by Gasteiger charge is 2.22. The highest BCUT2D eigenvalue weighted by Crippen LogP contribution is 2.30. The minimum absolute atomic E-state index is 0.128. The molecule has 0 aromatic heterocycles. The van der Waals surface area contributed by atoms with Gasteiger partial charge in [0, 0.05) is 29.6 Å². The standard InChI is InChI=1S/C20H25FN2O3S2/c1-4-23(5-2)28(25,26)17-10-8-9-16(13-17)22-20(24)14-27-15(3)18-11-6-7-12-19(18)21/h6-13,15H,4-5,14H2,1-3H3,(H,22,24). The second kappa shape index (κ2) is 10.0. The number of hydrogen-bond acceptors (Lipinski definition) is 4. The number of halogens is 1. The molecule has 152 valence electrons. The molecule has 2 aromatic carbocycles. The summed E-state index contributed by atoms with van der Waals surface area (Å²) < 4.78 is 40.4. The van der Waals surface area contributed by atoms with Crippen LogP contribution in [-0.2, 0) is 14.8 Å². The predicted molar refractivity (Wildman–Crippen MR) is 112 cm³/mol. The van der Waals surface area contributed by atoms with Crippen molar-refractivity contribution >= 4 is 33.4 Å². The zero-order chi connectivity index (χ0) is 20.7. The Labute approximate surface area is 170 Å². The molecular weight excluding hydrogens is 399 g/mol. The Hall–Kier alpha value is -1.90. The van der Waals surface area contributed by atoms with Crippen molar-refractivity contribution in [2.24, 2.45) is 0 Å². The van der Waals surface area contributed by atoms with Gasteiger partial charge < -0.3 is 5.32 Å². The number of nitrogens with one attached hydrogen (secondary N) is 1. The summed E-state index contributed by atoms with van der Waals surface area (Å²) in [4.78, 5) is 12.4. The third-order valence-electron chi connectivity index (χ3n) is 4.27. The molecule has 1 unspecified atom stereocenters. The van der Waals surface area contributed by atoms with E-state index in [1.807, 2.05) is 6.92 Å². The highest BCUT2D eigenvalue weighted by atomic mass is 32.2. The maximum Gasteiger partial charge on any atom is 0.243 e. The van der Waals surface area contributed by atoms with Gasteiger partial charge in [0.05, 0.1) is 10.6 Å². The third-order valence-corrected chi connectivity index (χ3v) is 7.50. The van der Waals surface area contributed by atoms with E-state index in [-0.39, 0.29) is 27.6 Å². The monoisotopic (exact) mass is 424 g/mol. The average Bonchev–Trinajstić information content (AvgIpc) is 2.67. The van der Waals surface area contributed by atoms with Crippen LogP contribution in [0.25, 0.3) is 0 Å². The first-order valence-electron chi connectivity index (χ1n) is 9.05. The summed E-state index contributed by atoms with van der Waals surface area (Å²) in [6.07, 6.45) is 0. The Bertz CT molecular complexity index is 915. The topological polar surface area (TPSA) is 66.5 Å². The smallest absolute Gasteiger partial charge is 0.243 e. The fourth-order valence-electron chi connectivity index (χ4n) is 2.74. The molecule has 0 spiro atoms. The Morgan fingerprint density at radius 3 is 2.46 bits per heavy atom. The first-order chi connectivity index (χ1) is 13.3. The lowest BCUT2D eigenvalue weighted by Gasteiger charge is -2.19. The van der Waals surface area contributed by atoms with E-state index in [0.29, 0.717) is 24.3 Å². The van der Waals surface area contributed by atoms with Gasteiger partial charge in [-0.25, -0.2) is 12.8 Å². The Balaban J connectivity index is 2.02. The van der Waals surface area contributed by atoms with Crippen LogP contribution in [0.1, 0.15) is 31.6 Å². The quantitative estimate of drug-likeness (QED) is 0.652. The number of hydrogen-bond donors (Lipinski definition) is 1. The van der Waals surface area contributed by atoms with Crippen LogP contribution in [0.15, 0.2) is 53.4 Å². The summed E-state index contributed by atoms with van der Waals surface area (Å²) >= 11 is 1.31. The summed E-state index contributed by atoms with van der Waals surface area (Å²) in [5, 5.41) is 2.54. The van der Waals surface area contributed by atoms with E-state index in [1.165, 1.54) is 34.3 Å². The zero-order valence-corrected chi connectivity index (χ0v) is 17.8. The van der Waals surface area contributed by atoms with Crippen molar-refractivity contribution in [1.82, 2.24) is 4.31 Å². The largest absolute Gasteiger partial charge is 0.325 e. The van der Waals surface area contributed by atoms with E-state index < -0.39 is 10.0 Å². The molecule has 2 rings (SSSR count). The molecule has 8 heteroatoms. The molecule has 1 atom stereocenters. The Morgan fingerprint density at radius 1 is 1.14 bits per heavy atom. The van der Waals surface area contributed by atoms with Crippen molar-refractivity contribution in [3.63, 3.8) is 0 Å². The number of sulfonamides is 1. The van der Waals surface area contributed by atoms with Crippen LogP contribution < -0.4 is 5.32 Å². The van der Waals surface area contributed by atoms with Gasteiger partial charge in [-0.15, -0.1) is 11.8 Å². The lowest BCUT2D eigenvalue weighted by molar-refractivity contribution is -0.113. The van der Waals surface area contributed by atoms with E-state index >= 15 is 0 Å². The Morgan fingerprint density at radius 2 is 1.82 bits per heavy atom. The molecule has 28 heavy (non-hydrogen) atoms. The van der Waals surface area contributed by atoms with Crippen LogP contribution in [0.3, 0.4) is 0 Å². The number of carbonyl (C=O) groups excluding carboxylic acids is 1. The molecule has 0 radical (unpaired) electrons. The van der Waals surface area contributed by atoms with Crippen molar-refractivity contribution < 1.29 is 17.6 Å². The number of amides is 1. The van der Waals surface area contributed by atoms with Crippen molar-refractivity contribution in [2.45, 2.75) is 30.9 Å². The fraction of sp³-hybridized carbons (Fsp3) is 0.350. The number of carbonyl (C=O) groups is 1. The van der Waals surface area contributed by atoms with Crippen molar-refractivity contribution in [3.8, 4) is 0 Å². The minimum atomic E-state index is -3.59. The van der Waals surface area contributed by atoms with Crippen molar-refractivity contribution in [1.29, 1.82) is 0 Å². The molecule has 0 aliphatic carbocycles. The molecule has 0 aliphatic rings. The van der Waals surface area contributed by atoms with Crippen LogP contribution in [-0.4, -0.2) is 37.5 Å². The summed E-state index contributed by atoms with van der Waals surface area (Å²) in [7, 11) is -3.59. The van der Waals surface area contributed by atoms with Gasteiger partial charge in [0.25, 0.3) is 0 Å². The van der Waals surface area contributed by atoms with E-state index in [4.69, 9.17) is 0 Å². The number of anilines is 1. The summed E-state index contributed by atoms with van der Waals surface area (Å²) in [5.41, 5.74) is 0.963. The molecule has 0 fully saturated rings. The number of thioether (sulfide) groups is 1. The van der Waals surface area contributed by atoms with Gasteiger partial charge in [-0.3, -0.25) is 4.79 Å². The zero-order valence-electron chi connectivity index (χ0n) is 16.2. The first-order valence-corrected chi connectivity index (χ1v) is 11.5. The van der Waals surface area contributed by atoms with Crippen LogP contribution in [0.2, 0.25) is 0 Å². The fourth-order valence-corrected chi connectivity index (χ4v) is 5.09. The summed E-state index contributed by atoms with van der Waals surface area (Å²) in [6.45, 7) is 6.15. The number of nitrogens with zero attached hydrogens (tertiary/aromatic N) is 1. The van der Waals surface area contributed by atoms with E-state index in [0.717, 1.165) is 0 Å². The molecule has 0 heterocycles. The number of benzene rings is 2. The average molecular weight is 425 g/mol. The molecule has 0 aliphatic heterocycles. The van der Waals surface area contributed by atoms with Gasteiger partial charge in [-0.2, -0.15) is 4.31 Å². The van der Waals surface area contributed by atoms with E-state index in [1.54, 1.807) is 44.2 Å². The SMILES string of the molecule is CCN(CC)S(=O)(=O)c1cccc(NC(=O)CSC(C)c2ccccc2F)c1. The molecule has 0 bridgehead atoms. The van der Waals surface area contributed by atoms with E-state index in [2.05, 4.69) is 5.32 Å². The second-order valence-electron chi connectivity index (χ2n) is 6.14. The van der Waals surface area contributed by atoms with Gasteiger partial charge in [0.2, 0.25) is 15.9 Å². The summed E-state index contributed by atoms with van der Waals surface area (Å²) in [6, 6.07) is 12.7. The van der Waals surface area contributed by atoms with Gasteiger partial charge >= 0.3 is 0 Å². The molecule has 0 saturated carbocycles. The normalized spacial score (nSPS) is 12.8. The van der Waals surface area contributed by atoms with Crippen LogP contribution in [0.5, 0.6) is 0 Å². The maximum atomic E-state index is 13.8. The van der Waals surface area contributed by atoms with Crippen LogP contribution in [0, 0.1) is 5.82 Å². The molecular formula is C20H25FN2O3S2. The third kappa shape index (κ3) is 5.56. The highest BCUT2D eigenvalue weighted by molar-refractivity contribution is 8.00. The van der Waals surface area contributed by atoms with Crippen molar-refractivity contribution in [3.05, 3.63) is 59.9 Å². The maximum absolute atomic E-state index is 13.8. The molecule has 5 nitrogen and oxygen atoms in total. The first kappa shape index (κ1) is 22.4. The van der Waals surface area contributed by atoms with Crippen molar-refractivity contribution in [2.75, 3.05) is 24.2 Å². The van der Waals surface area contributed by atoms with Crippen LogP contribution in [0.4, 0.5) is 10.1 Å². The molecule has 0 saturated heterocycles. The Kier molecular flexibility index (Phi) is 8.03. The van der Waals surface area contributed by atoms with Crippen LogP contribution >= 0.6 is 11.8 Å². The molecule has 1 amide bonds. The lowest BCUT2D eigenvalue weighted by Crippen LogP contribution is -2.30. The van der Waals surface area contributed by atoms with Gasteiger partial charge in [-0.05, 0) is 31.2 Å². The van der Waals surface area contributed by atoms with Gasteiger partial charge in [0.1, 0.15) is 5.82 Å².